The largest absolute Gasteiger partial charge is 0.486 e. The average molecular weight is 344 g/mol. The zero-order valence-electron chi connectivity index (χ0n) is 12.2. The first-order valence-electron chi connectivity index (χ1n) is 6.86. The lowest BCUT2D eigenvalue weighted by Crippen LogP contribution is -2.60. The van der Waals surface area contributed by atoms with Gasteiger partial charge in [0.05, 0.1) is 17.7 Å². The molecule has 2 rings (SSSR count). The number of likely N-dealkylation sites (N-methyl/N-ethyl adjacent to an activating group) is 1. The van der Waals surface area contributed by atoms with Gasteiger partial charge in [-0.25, -0.2) is 0 Å². The van der Waals surface area contributed by atoms with E-state index in [0.29, 0.717) is 19.3 Å². The first-order chi connectivity index (χ1) is 9.65. The Balaban J connectivity index is 1.94. The van der Waals surface area contributed by atoms with Crippen LogP contribution in [0.3, 0.4) is 0 Å². The third-order valence-electron chi connectivity index (χ3n) is 3.58. The van der Waals surface area contributed by atoms with Crippen molar-refractivity contribution in [3.05, 3.63) is 28.2 Å². The summed E-state index contributed by atoms with van der Waals surface area (Å²) in [5, 5.41) is 3.26. The van der Waals surface area contributed by atoms with E-state index in [-0.39, 0.29) is 12.2 Å². The zero-order chi connectivity index (χ0) is 14.5. The van der Waals surface area contributed by atoms with E-state index in [2.05, 4.69) is 40.3 Å². The summed E-state index contributed by atoms with van der Waals surface area (Å²) in [6.45, 7) is 3.26. The van der Waals surface area contributed by atoms with Crippen LogP contribution >= 0.6 is 15.9 Å². The van der Waals surface area contributed by atoms with Crippen LogP contribution in [0.1, 0.15) is 12.0 Å². The molecule has 0 amide bonds. The van der Waals surface area contributed by atoms with Crippen molar-refractivity contribution in [1.29, 1.82) is 0 Å². The molecular formula is C15H22BrNO3. The van der Waals surface area contributed by atoms with E-state index >= 15 is 0 Å². The Bertz CT molecular complexity index is 441. The molecule has 5 heteroatoms. The van der Waals surface area contributed by atoms with Crippen molar-refractivity contribution in [1.82, 2.24) is 5.32 Å². The Morgan fingerprint density at radius 3 is 2.80 bits per heavy atom. The number of hydrogen-bond acceptors (Lipinski definition) is 4. The fourth-order valence-electron chi connectivity index (χ4n) is 2.33. The van der Waals surface area contributed by atoms with E-state index in [0.717, 1.165) is 16.6 Å². The minimum Gasteiger partial charge on any atom is -0.486 e. The predicted molar refractivity (Wildman–Crippen MR) is 82.4 cm³/mol. The molecule has 1 N–H and O–H groups in total. The molecule has 112 valence electrons. The van der Waals surface area contributed by atoms with E-state index in [1.165, 1.54) is 5.56 Å². The maximum atomic E-state index is 6.06. The van der Waals surface area contributed by atoms with Gasteiger partial charge in [-0.05, 0) is 47.6 Å². The van der Waals surface area contributed by atoms with Gasteiger partial charge in [0, 0.05) is 19.6 Å². The van der Waals surface area contributed by atoms with Crippen LogP contribution in [0.4, 0.5) is 0 Å². The van der Waals surface area contributed by atoms with Crippen LogP contribution in [0.5, 0.6) is 5.75 Å². The third kappa shape index (κ3) is 3.73. The van der Waals surface area contributed by atoms with Crippen LogP contribution in [0.15, 0.2) is 22.7 Å². The van der Waals surface area contributed by atoms with Crippen molar-refractivity contribution in [2.24, 2.45) is 0 Å². The molecule has 1 saturated carbocycles. The monoisotopic (exact) mass is 343 g/mol. The molecule has 0 heterocycles. The van der Waals surface area contributed by atoms with Gasteiger partial charge in [-0.15, -0.1) is 0 Å². The molecule has 1 aromatic carbocycles. The zero-order valence-corrected chi connectivity index (χ0v) is 13.8. The van der Waals surface area contributed by atoms with Gasteiger partial charge in [0.15, 0.2) is 0 Å². The second kappa shape index (κ2) is 7.41. The molecule has 4 nitrogen and oxygen atoms in total. The van der Waals surface area contributed by atoms with Crippen molar-refractivity contribution in [3.8, 4) is 5.75 Å². The molecule has 1 aliphatic carbocycles. The van der Waals surface area contributed by atoms with E-state index < -0.39 is 0 Å². The standard InChI is InChI=1S/C15H22BrNO3/c1-10-4-5-13(11(16)8-10)20-14-9-12(17-2)15(14)19-7-6-18-3/h4-5,8,12,14-15,17H,6-7,9H2,1-3H3. The topological polar surface area (TPSA) is 39.7 Å². The quantitative estimate of drug-likeness (QED) is 0.772. The number of methoxy groups -OCH3 is 1. The van der Waals surface area contributed by atoms with Gasteiger partial charge in [0.2, 0.25) is 0 Å². The molecule has 1 aromatic rings. The highest BCUT2D eigenvalue weighted by atomic mass is 79.9. The molecule has 1 fully saturated rings. The highest BCUT2D eigenvalue weighted by molar-refractivity contribution is 9.10. The summed E-state index contributed by atoms with van der Waals surface area (Å²) in [5.41, 5.74) is 1.21. The first kappa shape index (κ1) is 15.8. The van der Waals surface area contributed by atoms with Crippen LogP contribution < -0.4 is 10.1 Å². The van der Waals surface area contributed by atoms with Crippen molar-refractivity contribution in [3.63, 3.8) is 0 Å². The molecule has 0 spiro atoms. The van der Waals surface area contributed by atoms with Crippen LogP contribution in [0.2, 0.25) is 0 Å². The van der Waals surface area contributed by atoms with Gasteiger partial charge >= 0.3 is 0 Å². The number of hydrogen-bond donors (Lipinski definition) is 1. The lowest BCUT2D eigenvalue weighted by Gasteiger charge is -2.43. The normalized spacial score (nSPS) is 25.3. The molecule has 0 aliphatic heterocycles. The van der Waals surface area contributed by atoms with Crippen LogP contribution in [-0.2, 0) is 9.47 Å². The number of ether oxygens (including phenoxy) is 3. The average Bonchev–Trinajstić information content (AvgIpc) is 2.41. The van der Waals surface area contributed by atoms with Crippen molar-refractivity contribution in [2.45, 2.75) is 31.6 Å². The van der Waals surface area contributed by atoms with Gasteiger partial charge in [-0.3, -0.25) is 0 Å². The van der Waals surface area contributed by atoms with Gasteiger partial charge in [0.25, 0.3) is 0 Å². The minimum atomic E-state index is 0.0725. The first-order valence-corrected chi connectivity index (χ1v) is 7.65. The van der Waals surface area contributed by atoms with Crippen LogP contribution in [0.25, 0.3) is 0 Å². The Labute approximate surface area is 128 Å². The van der Waals surface area contributed by atoms with Gasteiger partial charge in [-0.2, -0.15) is 0 Å². The summed E-state index contributed by atoms with van der Waals surface area (Å²) in [6.07, 6.45) is 1.11. The van der Waals surface area contributed by atoms with Gasteiger partial charge in [-0.1, -0.05) is 6.07 Å². The summed E-state index contributed by atoms with van der Waals surface area (Å²) in [6, 6.07) is 6.46. The maximum Gasteiger partial charge on any atom is 0.134 e. The Kier molecular flexibility index (Phi) is 5.84. The lowest BCUT2D eigenvalue weighted by molar-refractivity contribution is -0.114. The van der Waals surface area contributed by atoms with Gasteiger partial charge in [0.1, 0.15) is 18.0 Å². The van der Waals surface area contributed by atoms with E-state index in [1.54, 1.807) is 7.11 Å². The lowest BCUT2D eigenvalue weighted by atomic mass is 9.85. The third-order valence-corrected chi connectivity index (χ3v) is 4.20. The van der Waals surface area contributed by atoms with Crippen molar-refractivity contribution < 1.29 is 14.2 Å². The fourth-order valence-corrected chi connectivity index (χ4v) is 2.92. The SMILES string of the molecule is CNC1CC(Oc2ccc(C)cc2Br)C1OCCOC. The van der Waals surface area contributed by atoms with E-state index in [9.17, 15) is 0 Å². The number of nitrogens with one attached hydrogen (secondary N) is 1. The molecule has 3 atom stereocenters. The molecule has 3 unspecified atom stereocenters. The summed E-state index contributed by atoms with van der Waals surface area (Å²) >= 11 is 3.54. The summed E-state index contributed by atoms with van der Waals surface area (Å²) in [5.74, 6) is 0.871. The predicted octanol–water partition coefficient (Wildman–Crippen LogP) is 2.53. The molecule has 0 aromatic heterocycles. The highest BCUT2D eigenvalue weighted by Crippen LogP contribution is 2.33. The van der Waals surface area contributed by atoms with E-state index in [4.69, 9.17) is 14.2 Å². The smallest absolute Gasteiger partial charge is 0.134 e. The minimum absolute atomic E-state index is 0.0725. The summed E-state index contributed by atoms with van der Waals surface area (Å²) in [7, 11) is 3.63. The molecule has 0 saturated heterocycles. The molecule has 1 aliphatic rings. The Hall–Kier alpha value is -0.620. The van der Waals surface area contributed by atoms with Crippen molar-refractivity contribution >= 4 is 15.9 Å². The second-order valence-corrected chi connectivity index (χ2v) is 5.90. The van der Waals surface area contributed by atoms with Crippen LogP contribution in [-0.4, -0.2) is 45.6 Å². The number of benzene rings is 1. The second-order valence-electron chi connectivity index (χ2n) is 5.05. The fraction of sp³-hybridized carbons (Fsp3) is 0.600. The summed E-state index contributed by atoms with van der Waals surface area (Å²) < 4.78 is 17.9. The Morgan fingerprint density at radius 2 is 2.15 bits per heavy atom. The van der Waals surface area contributed by atoms with Crippen LogP contribution in [0, 0.1) is 6.92 Å². The molecule has 0 radical (unpaired) electrons. The number of halogens is 1. The molecular weight excluding hydrogens is 322 g/mol. The molecule has 20 heavy (non-hydrogen) atoms. The number of rotatable bonds is 7. The van der Waals surface area contributed by atoms with Crippen molar-refractivity contribution in [2.75, 3.05) is 27.4 Å². The number of aryl methyl sites for hydroxylation is 1. The van der Waals surface area contributed by atoms with E-state index in [1.807, 2.05) is 13.1 Å². The maximum absolute atomic E-state index is 6.06. The highest BCUT2D eigenvalue weighted by Gasteiger charge is 2.43. The molecule has 0 bridgehead atoms. The van der Waals surface area contributed by atoms with Gasteiger partial charge < -0.3 is 19.5 Å². The Morgan fingerprint density at radius 1 is 1.35 bits per heavy atom. The summed E-state index contributed by atoms with van der Waals surface area (Å²) in [4.78, 5) is 0.